The van der Waals surface area contributed by atoms with E-state index in [0.717, 1.165) is 0 Å². The fourth-order valence-electron chi connectivity index (χ4n) is 0.871. The largest absolute Gasteiger partial charge is 0.461 e. The summed E-state index contributed by atoms with van der Waals surface area (Å²) >= 11 is 0. The average Bonchev–Trinajstić information content (AvgIpc) is 2.10. The van der Waals surface area contributed by atoms with Crippen molar-refractivity contribution in [3.05, 3.63) is 0 Å². The molecule has 0 saturated heterocycles. The van der Waals surface area contributed by atoms with Crippen molar-refractivity contribution >= 4 is 12.1 Å². The van der Waals surface area contributed by atoms with Gasteiger partial charge in [-0.2, -0.15) is 0 Å². The van der Waals surface area contributed by atoms with Crippen LogP contribution in [-0.4, -0.2) is 41.5 Å². The first kappa shape index (κ1) is 15.7. The molecule has 2 unspecified atom stereocenters. The van der Waals surface area contributed by atoms with Crippen LogP contribution >= 0.6 is 0 Å². The van der Waals surface area contributed by atoms with E-state index in [-0.39, 0.29) is 6.61 Å². The Morgan fingerprint density at radius 1 is 1.29 bits per heavy atom. The van der Waals surface area contributed by atoms with E-state index >= 15 is 0 Å². The number of ether oxygens (including phenoxy) is 2. The molecule has 17 heavy (non-hydrogen) atoms. The highest BCUT2D eigenvalue weighted by Gasteiger charge is 2.21. The number of esters is 1. The van der Waals surface area contributed by atoms with E-state index in [1.807, 2.05) is 0 Å². The number of aliphatic hydroxyl groups is 1. The Morgan fingerprint density at radius 2 is 1.82 bits per heavy atom. The maximum Gasteiger partial charge on any atom is 0.408 e. The molecule has 0 fully saturated rings. The van der Waals surface area contributed by atoms with E-state index < -0.39 is 29.8 Å². The van der Waals surface area contributed by atoms with Crippen molar-refractivity contribution in [1.82, 2.24) is 5.32 Å². The summed E-state index contributed by atoms with van der Waals surface area (Å²) in [4.78, 5) is 22.7. The summed E-state index contributed by atoms with van der Waals surface area (Å²) in [6.45, 7) is 8.06. The molecule has 0 spiro atoms. The zero-order valence-corrected chi connectivity index (χ0v) is 10.9. The van der Waals surface area contributed by atoms with Crippen LogP contribution in [0.5, 0.6) is 0 Å². The van der Waals surface area contributed by atoms with Crippen LogP contribution in [-0.2, 0) is 14.3 Å². The number of aliphatic hydroxyl groups excluding tert-OH is 1. The summed E-state index contributed by atoms with van der Waals surface area (Å²) < 4.78 is 9.71. The molecule has 100 valence electrons. The van der Waals surface area contributed by atoms with Crippen LogP contribution in [0.25, 0.3) is 0 Å². The standard InChI is InChI=1S/C11H21NO5/c1-7(13)6-16-9(14)8(2)12-10(15)17-11(3,4)5/h7-8,13H,6H2,1-5H3,(H,12,15). The Kier molecular flexibility index (Phi) is 5.95. The van der Waals surface area contributed by atoms with Crippen LogP contribution < -0.4 is 5.32 Å². The van der Waals surface area contributed by atoms with E-state index in [4.69, 9.17) is 14.6 Å². The smallest absolute Gasteiger partial charge is 0.408 e. The van der Waals surface area contributed by atoms with Gasteiger partial charge in [-0.05, 0) is 34.6 Å². The lowest BCUT2D eigenvalue weighted by atomic mass is 10.2. The number of amides is 1. The third kappa shape index (κ3) is 8.50. The number of carbonyl (C=O) groups excluding carboxylic acids is 2. The fourth-order valence-corrected chi connectivity index (χ4v) is 0.871. The summed E-state index contributed by atoms with van der Waals surface area (Å²) in [5, 5.41) is 11.3. The molecule has 0 saturated carbocycles. The fraction of sp³-hybridized carbons (Fsp3) is 0.818. The Hall–Kier alpha value is -1.30. The van der Waals surface area contributed by atoms with Crippen molar-refractivity contribution in [2.45, 2.75) is 52.4 Å². The van der Waals surface area contributed by atoms with Gasteiger partial charge in [0.1, 0.15) is 18.2 Å². The van der Waals surface area contributed by atoms with Gasteiger partial charge in [-0.15, -0.1) is 0 Å². The molecule has 0 aliphatic carbocycles. The number of rotatable bonds is 4. The Bertz CT molecular complexity index is 270. The molecule has 0 aliphatic heterocycles. The molecule has 0 aromatic carbocycles. The first-order valence-electron chi connectivity index (χ1n) is 5.46. The normalized spacial score (nSPS) is 14.7. The van der Waals surface area contributed by atoms with Gasteiger partial charge in [-0.3, -0.25) is 0 Å². The van der Waals surface area contributed by atoms with Gasteiger partial charge in [0.25, 0.3) is 0 Å². The van der Waals surface area contributed by atoms with Crippen molar-refractivity contribution in [1.29, 1.82) is 0 Å². The molecule has 0 aromatic heterocycles. The first-order chi connectivity index (χ1) is 7.61. The molecule has 0 aliphatic rings. The lowest BCUT2D eigenvalue weighted by Gasteiger charge is -2.21. The third-order valence-corrected chi connectivity index (χ3v) is 1.55. The molecule has 0 heterocycles. The van der Waals surface area contributed by atoms with E-state index in [2.05, 4.69) is 5.32 Å². The van der Waals surface area contributed by atoms with Crippen LogP contribution in [0, 0.1) is 0 Å². The summed E-state index contributed by atoms with van der Waals surface area (Å²) in [5.74, 6) is -0.614. The third-order valence-electron chi connectivity index (χ3n) is 1.55. The van der Waals surface area contributed by atoms with Crippen LogP contribution in [0.2, 0.25) is 0 Å². The molecule has 0 rings (SSSR count). The van der Waals surface area contributed by atoms with Crippen LogP contribution in [0.3, 0.4) is 0 Å². The van der Waals surface area contributed by atoms with Crippen molar-refractivity contribution in [3.63, 3.8) is 0 Å². The number of hydrogen-bond acceptors (Lipinski definition) is 5. The minimum atomic E-state index is -0.816. The van der Waals surface area contributed by atoms with Crippen molar-refractivity contribution in [2.75, 3.05) is 6.61 Å². The van der Waals surface area contributed by atoms with Gasteiger partial charge in [0.15, 0.2) is 0 Å². The summed E-state index contributed by atoms with van der Waals surface area (Å²) in [7, 11) is 0. The Morgan fingerprint density at radius 3 is 2.24 bits per heavy atom. The summed E-state index contributed by atoms with van der Waals surface area (Å²) in [6.07, 6.45) is -1.41. The van der Waals surface area contributed by atoms with Crippen molar-refractivity contribution in [3.8, 4) is 0 Å². The van der Waals surface area contributed by atoms with Gasteiger partial charge in [0.05, 0.1) is 6.10 Å². The van der Waals surface area contributed by atoms with Gasteiger partial charge >= 0.3 is 12.1 Å². The second-order valence-corrected chi connectivity index (χ2v) is 4.85. The van der Waals surface area contributed by atoms with E-state index in [1.54, 1.807) is 20.8 Å². The highest BCUT2D eigenvalue weighted by atomic mass is 16.6. The Labute approximate surface area is 101 Å². The predicted molar refractivity (Wildman–Crippen MR) is 61.5 cm³/mol. The van der Waals surface area contributed by atoms with E-state index in [9.17, 15) is 9.59 Å². The maximum atomic E-state index is 11.3. The number of alkyl carbamates (subject to hydrolysis) is 1. The van der Waals surface area contributed by atoms with Crippen molar-refractivity contribution in [2.24, 2.45) is 0 Å². The molecular formula is C11H21NO5. The first-order valence-corrected chi connectivity index (χ1v) is 5.46. The lowest BCUT2D eigenvalue weighted by Crippen LogP contribution is -2.42. The second kappa shape index (κ2) is 6.44. The number of nitrogens with one attached hydrogen (secondary N) is 1. The molecule has 2 atom stereocenters. The van der Waals surface area contributed by atoms with Gasteiger partial charge < -0.3 is 19.9 Å². The van der Waals surface area contributed by atoms with Crippen LogP contribution in [0.1, 0.15) is 34.6 Å². The van der Waals surface area contributed by atoms with Gasteiger partial charge in [-0.25, -0.2) is 9.59 Å². The van der Waals surface area contributed by atoms with Crippen LogP contribution in [0.4, 0.5) is 4.79 Å². The monoisotopic (exact) mass is 247 g/mol. The van der Waals surface area contributed by atoms with E-state index in [1.165, 1.54) is 13.8 Å². The minimum absolute atomic E-state index is 0.0980. The van der Waals surface area contributed by atoms with E-state index in [0.29, 0.717) is 0 Å². The van der Waals surface area contributed by atoms with Crippen LogP contribution in [0.15, 0.2) is 0 Å². The molecule has 6 nitrogen and oxygen atoms in total. The quantitative estimate of drug-likeness (QED) is 0.718. The van der Waals surface area contributed by atoms with Gasteiger partial charge in [-0.1, -0.05) is 0 Å². The number of hydrogen-bond donors (Lipinski definition) is 2. The lowest BCUT2D eigenvalue weighted by molar-refractivity contribution is -0.148. The SMILES string of the molecule is CC(O)COC(=O)C(C)NC(=O)OC(C)(C)C. The predicted octanol–water partition coefficient (Wildman–Crippen LogP) is 0.824. The topological polar surface area (TPSA) is 84.9 Å². The summed E-state index contributed by atoms with van der Waals surface area (Å²) in [6, 6.07) is -0.816. The summed E-state index contributed by atoms with van der Waals surface area (Å²) in [5.41, 5.74) is -0.618. The molecular weight excluding hydrogens is 226 g/mol. The maximum absolute atomic E-state index is 11.3. The molecule has 0 radical (unpaired) electrons. The minimum Gasteiger partial charge on any atom is -0.461 e. The zero-order valence-electron chi connectivity index (χ0n) is 10.9. The molecule has 2 N–H and O–H groups in total. The Balaban J connectivity index is 4.03. The molecule has 1 amide bonds. The number of carbonyl (C=O) groups is 2. The average molecular weight is 247 g/mol. The van der Waals surface area contributed by atoms with Crippen molar-refractivity contribution < 1.29 is 24.2 Å². The molecule has 0 aromatic rings. The second-order valence-electron chi connectivity index (χ2n) is 4.85. The van der Waals surface area contributed by atoms with Gasteiger partial charge in [0, 0.05) is 0 Å². The highest BCUT2D eigenvalue weighted by molar-refractivity contribution is 5.81. The molecule has 6 heteroatoms. The van der Waals surface area contributed by atoms with Gasteiger partial charge in [0.2, 0.25) is 0 Å². The zero-order chi connectivity index (χ0) is 13.6. The molecule has 0 bridgehead atoms. The highest BCUT2D eigenvalue weighted by Crippen LogP contribution is 2.06.